The Bertz CT molecular complexity index is 1470. The van der Waals surface area contributed by atoms with E-state index in [9.17, 15) is 17.6 Å². The lowest BCUT2D eigenvalue weighted by Crippen LogP contribution is -2.50. The molecule has 1 aliphatic heterocycles. The topological polar surface area (TPSA) is 116 Å². The van der Waals surface area contributed by atoms with Crippen LogP contribution in [0.1, 0.15) is 5.69 Å². The van der Waals surface area contributed by atoms with Crippen molar-refractivity contribution in [3.05, 3.63) is 66.4 Å². The minimum Gasteiger partial charge on any atom is -0.345 e. The molecule has 10 nitrogen and oxygen atoms in total. The minimum absolute atomic E-state index is 0.110. The van der Waals surface area contributed by atoms with Gasteiger partial charge in [0.25, 0.3) is 0 Å². The van der Waals surface area contributed by atoms with E-state index < -0.39 is 10.0 Å². The predicted octanol–water partition coefficient (Wildman–Crippen LogP) is 2.14. The van der Waals surface area contributed by atoms with Crippen LogP contribution in [-0.4, -0.2) is 76.0 Å². The number of H-pyrrole nitrogens is 1. The maximum atomic E-state index is 13.3. The van der Waals surface area contributed by atoms with Crippen molar-refractivity contribution < 1.29 is 17.6 Å². The second-order valence-corrected chi connectivity index (χ2v) is 10.2. The van der Waals surface area contributed by atoms with Gasteiger partial charge >= 0.3 is 0 Å². The molecule has 0 atom stereocenters. The Morgan fingerprint density at radius 2 is 1.89 bits per heavy atom. The van der Waals surface area contributed by atoms with Crippen molar-refractivity contribution in [1.29, 1.82) is 0 Å². The zero-order chi connectivity index (χ0) is 24.6. The lowest BCUT2D eigenvalue weighted by Gasteiger charge is -2.33. The van der Waals surface area contributed by atoms with E-state index in [4.69, 9.17) is 0 Å². The van der Waals surface area contributed by atoms with E-state index in [-0.39, 0.29) is 36.3 Å². The fourth-order valence-electron chi connectivity index (χ4n) is 4.16. The summed E-state index contributed by atoms with van der Waals surface area (Å²) in [6.45, 7) is 3.30. The van der Waals surface area contributed by atoms with Crippen LogP contribution < -0.4 is 5.32 Å². The van der Waals surface area contributed by atoms with Crippen LogP contribution in [0.5, 0.6) is 0 Å². The second-order valence-electron chi connectivity index (χ2n) is 8.34. The van der Waals surface area contributed by atoms with E-state index in [0.717, 1.165) is 0 Å². The zero-order valence-electron chi connectivity index (χ0n) is 19.0. The number of amides is 1. The third kappa shape index (κ3) is 4.67. The van der Waals surface area contributed by atoms with Crippen molar-refractivity contribution in [3.8, 4) is 5.69 Å². The molecule has 0 saturated carbocycles. The molecular formula is C23H24FN7O3S. The van der Waals surface area contributed by atoms with Crippen molar-refractivity contribution in [2.75, 3.05) is 38.0 Å². The first-order chi connectivity index (χ1) is 16.8. The summed E-state index contributed by atoms with van der Waals surface area (Å²) in [6, 6.07) is 11.0. The molecular weight excluding hydrogens is 473 g/mol. The van der Waals surface area contributed by atoms with E-state index in [1.54, 1.807) is 48.1 Å². The first kappa shape index (κ1) is 23.1. The molecule has 1 fully saturated rings. The number of piperazine rings is 1. The van der Waals surface area contributed by atoms with Crippen molar-refractivity contribution in [2.45, 2.75) is 11.8 Å². The highest BCUT2D eigenvalue weighted by molar-refractivity contribution is 7.89. The van der Waals surface area contributed by atoms with Gasteiger partial charge in [-0.1, -0.05) is 0 Å². The Labute approximate surface area is 201 Å². The Morgan fingerprint density at radius 1 is 1.14 bits per heavy atom. The molecule has 1 amide bonds. The molecule has 4 heterocycles. The fourth-order valence-corrected chi connectivity index (χ4v) is 5.74. The molecule has 1 aromatic carbocycles. The number of nitrogens with zero attached hydrogens (tertiary/aromatic N) is 5. The van der Waals surface area contributed by atoms with Crippen molar-refractivity contribution in [3.63, 3.8) is 0 Å². The van der Waals surface area contributed by atoms with Gasteiger partial charge in [0.2, 0.25) is 15.9 Å². The number of aromatic nitrogens is 4. The van der Waals surface area contributed by atoms with Crippen LogP contribution in [0.2, 0.25) is 0 Å². The van der Waals surface area contributed by atoms with Crippen LogP contribution in [0.15, 0.2) is 59.8 Å². The minimum atomic E-state index is -3.69. The van der Waals surface area contributed by atoms with Crippen LogP contribution in [0, 0.1) is 12.7 Å². The van der Waals surface area contributed by atoms with E-state index in [0.29, 0.717) is 41.3 Å². The van der Waals surface area contributed by atoms with E-state index in [1.807, 2.05) is 4.90 Å². The molecule has 3 aromatic heterocycles. The van der Waals surface area contributed by atoms with E-state index in [1.165, 1.54) is 22.6 Å². The standard InChI is InChI=1S/C23H24FN7O3S/c1-16-13-21(31(28-16)18-6-4-17(24)5-7-18)27-22(32)15-29-9-11-30(12-10-29)35(33,34)20-14-26-23-19(20)3-2-8-25-23/h2-8,13-14H,9-12,15H2,1H3,(H,25,26)(H,27,32). The van der Waals surface area contributed by atoms with E-state index >= 15 is 0 Å². The predicted molar refractivity (Wildman–Crippen MR) is 128 cm³/mol. The number of aromatic amines is 1. The SMILES string of the molecule is Cc1cc(NC(=O)CN2CCN(S(=O)(=O)c3c[nH]c4ncccc34)CC2)n(-c2ccc(F)cc2)n1. The monoisotopic (exact) mass is 497 g/mol. The highest BCUT2D eigenvalue weighted by atomic mass is 32.2. The van der Waals surface area contributed by atoms with E-state index in [2.05, 4.69) is 20.4 Å². The van der Waals surface area contributed by atoms with Crippen LogP contribution in [0.4, 0.5) is 10.2 Å². The first-order valence-corrected chi connectivity index (χ1v) is 12.5. The van der Waals surface area contributed by atoms with Gasteiger partial charge in [0, 0.05) is 50.0 Å². The molecule has 0 unspecified atom stereocenters. The molecule has 35 heavy (non-hydrogen) atoms. The molecule has 0 radical (unpaired) electrons. The molecule has 2 N–H and O–H groups in total. The number of hydrogen-bond acceptors (Lipinski definition) is 6. The summed E-state index contributed by atoms with van der Waals surface area (Å²) in [5.41, 5.74) is 1.86. The van der Waals surface area contributed by atoms with Crippen molar-refractivity contribution in [2.24, 2.45) is 0 Å². The quantitative estimate of drug-likeness (QED) is 0.422. The summed E-state index contributed by atoms with van der Waals surface area (Å²) in [4.78, 5) is 21.9. The van der Waals surface area contributed by atoms with Gasteiger partial charge in [0.15, 0.2) is 0 Å². The number of benzene rings is 1. The molecule has 1 aliphatic rings. The summed E-state index contributed by atoms with van der Waals surface area (Å²) in [7, 11) is -3.69. The first-order valence-electron chi connectivity index (χ1n) is 11.1. The van der Waals surface area contributed by atoms with Crippen LogP contribution in [0.25, 0.3) is 16.7 Å². The number of fused-ring (bicyclic) bond motifs is 1. The molecule has 1 saturated heterocycles. The normalized spacial score (nSPS) is 15.5. The average Bonchev–Trinajstić information content (AvgIpc) is 3.43. The lowest BCUT2D eigenvalue weighted by molar-refractivity contribution is -0.117. The number of carbonyl (C=O) groups is 1. The molecule has 0 bridgehead atoms. The Hall–Kier alpha value is -3.61. The largest absolute Gasteiger partial charge is 0.345 e. The average molecular weight is 498 g/mol. The van der Waals surface area contributed by atoms with Crippen LogP contribution in [-0.2, 0) is 14.8 Å². The van der Waals surface area contributed by atoms with Gasteiger partial charge in [-0.25, -0.2) is 22.5 Å². The highest BCUT2D eigenvalue weighted by Crippen LogP contribution is 2.25. The fraction of sp³-hybridized carbons (Fsp3) is 0.261. The summed E-state index contributed by atoms with van der Waals surface area (Å²) in [6.07, 6.45) is 3.08. The number of nitrogens with one attached hydrogen (secondary N) is 2. The number of anilines is 1. The Kier molecular flexibility index (Phi) is 6.09. The Balaban J connectivity index is 1.21. The number of sulfonamides is 1. The molecule has 0 aliphatic carbocycles. The highest BCUT2D eigenvalue weighted by Gasteiger charge is 2.31. The molecule has 5 rings (SSSR count). The number of halogens is 1. The van der Waals surface area contributed by atoms with Gasteiger partial charge < -0.3 is 10.3 Å². The second kappa shape index (κ2) is 9.21. The number of pyridine rings is 1. The van der Waals surface area contributed by atoms with Gasteiger partial charge in [-0.05, 0) is 43.3 Å². The van der Waals surface area contributed by atoms with Gasteiger partial charge in [-0.15, -0.1) is 0 Å². The smallest absolute Gasteiger partial charge is 0.245 e. The summed E-state index contributed by atoms with van der Waals surface area (Å²) >= 11 is 0. The molecule has 12 heteroatoms. The van der Waals surface area contributed by atoms with Gasteiger partial charge in [0.05, 0.1) is 17.9 Å². The summed E-state index contributed by atoms with van der Waals surface area (Å²) < 4.78 is 42.6. The van der Waals surface area contributed by atoms with Crippen LogP contribution >= 0.6 is 0 Å². The zero-order valence-corrected chi connectivity index (χ0v) is 19.8. The summed E-state index contributed by atoms with van der Waals surface area (Å²) in [5, 5.41) is 7.80. The number of aryl methyl sites for hydroxylation is 1. The third-order valence-electron chi connectivity index (χ3n) is 5.90. The molecule has 182 valence electrons. The Morgan fingerprint density at radius 3 is 2.63 bits per heavy atom. The van der Waals surface area contributed by atoms with Gasteiger partial charge in [-0.2, -0.15) is 9.40 Å². The van der Waals surface area contributed by atoms with Crippen molar-refractivity contribution >= 4 is 32.8 Å². The third-order valence-corrected chi connectivity index (χ3v) is 7.84. The summed E-state index contributed by atoms with van der Waals surface area (Å²) in [5.74, 6) is -0.119. The van der Waals surface area contributed by atoms with Gasteiger partial charge in [0.1, 0.15) is 22.2 Å². The lowest BCUT2D eigenvalue weighted by atomic mass is 10.3. The number of rotatable bonds is 6. The molecule has 0 spiro atoms. The van der Waals surface area contributed by atoms with Crippen LogP contribution in [0.3, 0.4) is 0 Å². The maximum Gasteiger partial charge on any atom is 0.245 e. The van der Waals surface area contributed by atoms with Crippen molar-refractivity contribution in [1.82, 2.24) is 29.0 Å². The number of carbonyl (C=O) groups excluding carboxylic acids is 1. The maximum absolute atomic E-state index is 13.3. The number of hydrogen-bond donors (Lipinski definition) is 2. The molecule has 4 aromatic rings. The van der Waals surface area contributed by atoms with Gasteiger partial charge in [-0.3, -0.25) is 9.69 Å².